The van der Waals surface area contributed by atoms with Gasteiger partial charge in [-0.25, -0.2) is 0 Å². The highest BCUT2D eigenvalue weighted by Crippen LogP contribution is 2.38. The Balaban J connectivity index is 1.69. The molecule has 0 unspecified atom stereocenters. The summed E-state index contributed by atoms with van der Waals surface area (Å²) in [5, 5.41) is 2.66. The van der Waals surface area contributed by atoms with E-state index < -0.39 is 0 Å². The molecule has 0 atom stereocenters. The molecule has 4 aromatic carbocycles. The van der Waals surface area contributed by atoms with Crippen molar-refractivity contribution < 1.29 is 0 Å². The van der Waals surface area contributed by atoms with Crippen LogP contribution in [0.2, 0.25) is 0 Å². The SMILES string of the molecule is CCC(C)(C)c1ccc2c(c1)c1cc(C(C)(C)C)ccc1n2-c1ccc(N(C)c2ccccc2)cc1. The van der Waals surface area contributed by atoms with Crippen LogP contribution in [0, 0.1) is 0 Å². The van der Waals surface area contributed by atoms with Gasteiger partial charge < -0.3 is 9.47 Å². The number of hydrogen-bond acceptors (Lipinski definition) is 1. The summed E-state index contributed by atoms with van der Waals surface area (Å²) in [7, 11) is 2.12. The normalized spacial score (nSPS) is 12.4. The maximum Gasteiger partial charge on any atom is 0.0541 e. The lowest BCUT2D eigenvalue weighted by molar-refractivity contribution is 0.507. The van der Waals surface area contributed by atoms with E-state index in [0.29, 0.717) is 0 Å². The lowest BCUT2D eigenvalue weighted by Crippen LogP contribution is -2.15. The molecule has 0 fully saturated rings. The van der Waals surface area contributed by atoms with Crippen molar-refractivity contribution in [2.75, 3.05) is 11.9 Å². The molecule has 5 rings (SSSR count). The first-order chi connectivity index (χ1) is 17.1. The molecule has 2 heteroatoms. The van der Waals surface area contributed by atoms with Crippen molar-refractivity contribution in [3.8, 4) is 5.69 Å². The Morgan fingerprint density at radius 2 is 1.17 bits per heavy atom. The largest absolute Gasteiger partial charge is 0.345 e. The zero-order valence-electron chi connectivity index (χ0n) is 22.8. The van der Waals surface area contributed by atoms with Gasteiger partial charge in [-0.3, -0.25) is 0 Å². The molecular formula is C34H38N2. The standard InChI is InChI=1S/C34H38N2/c1-8-34(5,6)25-15-21-32-30(23-25)29-22-24(33(2,3)4)14-20-31(29)36(32)28-18-16-27(17-19-28)35(7)26-12-10-9-11-13-26/h9-23H,8H2,1-7H3. The number of para-hydroxylation sites is 1. The molecular weight excluding hydrogens is 436 g/mol. The van der Waals surface area contributed by atoms with E-state index in [1.54, 1.807) is 0 Å². The van der Waals surface area contributed by atoms with Crippen LogP contribution in [-0.4, -0.2) is 11.6 Å². The van der Waals surface area contributed by atoms with E-state index >= 15 is 0 Å². The Bertz CT molecular complexity index is 1510. The van der Waals surface area contributed by atoms with Crippen molar-refractivity contribution in [2.45, 2.75) is 58.8 Å². The van der Waals surface area contributed by atoms with Crippen LogP contribution in [0.25, 0.3) is 27.5 Å². The number of anilines is 2. The molecule has 184 valence electrons. The Morgan fingerprint density at radius 1 is 0.639 bits per heavy atom. The summed E-state index contributed by atoms with van der Waals surface area (Å²) < 4.78 is 2.42. The van der Waals surface area contributed by atoms with E-state index in [1.165, 1.54) is 50.0 Å². The first-order valence-electron chi connectivity index (χ1n) is 13.1. The summed E-state index contributed by atoms with van der Waals surface area (Å²) in [5.41, 5.74) is 9.08. The minimum absolute atomic E-state index is 0.104. The van der Waals surface area contributed by atoms with E-state index in [4.69, 9.17) is 0 Å². The fourth-order valence-electron chi connectivity index (χ4n) is 5.02. The fourth-order valence-corrected chi connectivity index (χ4v) is 5.02. The molecule has 0 amide bonds. The highest BCUT2D eigenvalue weighted by Gasteiger charge is 2.22. The van der Waals surface area contributed by atoms with E-state index in [-0.39, 0.29) is 10.8 Å². The summed E-state index contributed by atoms with van der Waals surface area (Å²) >= 11 is 0. The molecule has 0 aliphatic carbocycles. The van der Waals surface area contributed by atoms with Gasteiger partial charge in [-0.15, -0.1) is 0 Å². The number of rotatable bonds is 5. The number of aromatic nitrogens is 1. The molecule has 0 N–H and O–H groups in total. The number of hydrogen-bond donors (Lipinski definition) is 0. The van der Waals surface area contributed by atoms with Gasteiger partial charge in [-0.05, 0) is 89.0 Å². The molecule has 1 aromatic heterocycles. The first-order valence-corrected chi connectivity index (χ1v) is 13.1. The Kier molecular flexibility index (Phi) is 5.95. The molecule has 0 spiro atoms. The second kappa shape index (κ2) is 8.85. The maximum atomic E-state index is 2.43. The Labute approximate surface area is 216 Å². The van der Waals surface area contributed by atoms with Crippen molar-refractivity contribution in [1.29, 1.82) is 0 Å². The summed E-state index contributed by atoms with van der Waals surface area (Å²) in [6.45, 7) is 13.8. The Morgan fingerprint density at radius 3 is 1.72 bits per heavy atom. The Hall–Kier alpha value is -3.52. The summed E-state index contributed by atoms with van der Waals surface area (Å²) in [4.78, 5) is 2.23. The van der Waals surface area contributed by atoms with Gasteiger partial charge in [0, 0.05) is 34.9 Å². The van der Waals surface area contributed by atoms with E-state index in [9.17, 15) is 0 Å². The predicted molar refractivity (Wildman–Crippen MR) is 157 cm³/mol. The second-order valence-corrected chi connectivity index (χ2v) is 11.7. The third-order valence-electron chi connectivity index (χ3n) is 7.94. The van der Waals surface area contributed by atoms with E-state index in [0.717, 1.165) is 6.42 Å². The maximum absolute atomic E-state index is 2.43. The van der Waals surface area contributed by atoms with Gasteiger partial charge in [0.1, 0.15) is 0 Å². The number of fused-ring (bicyclic) bond motifs is 3. The van der Waals surface area contributed by atoms with Crippen LogP contribution in [0.15, 0.2) is 91.0 Å². The molecule has 0 aliphatic rings. The van der Waals surface area contributed by atoms with Gasteiger partial charge in [-0.2, -0.15) is 0 Å². The van der Waals surface area contributed by atoms with Crippen molar-refractivity contribution >= 4 is 33.2 Å². The van der Waals surface area contributed by atoms with Crippen molar-refractivity contribution in [2.24, 2.45) is 0 Å². The van der Waals surface area contributed by atoms with Gasteiger partial charge in [0.2, 0.25) is 0 Å². The van der Waals surface area contributed by atoms with Gasteiger partial charge in [0.15, 0.2) is 0 Å². The molecule has 0 saturated heterocycles. The third kappa shape index (κ3) is 4.19. The van der Waals surface area contributed by atoms with Gasteiger partial charge in [-0.1, -0.05) is 71.9 Å². The highest BCUT2D eigenvalue weighted by atomic mass is 15.1. The summed E-state index contributed by atoms with van der Waals surface area (Å²) in [5.74, 6) is 0. The van der Waals surface area contributed by atoms with Crippen molar-refractivity contribution in [1.82, 2.24) is 4.57 Å². The fraction of sp³-hybridized carbons (Fsp3) is 0.294. The van der Waals surface area contributed by atoms with Crippen LogP contribution in [0.3, 0.4) is 0 Å². The highest BCUT2D eigenvalue weighted by molar-refractivity contribution is 6.09. The van der Waals surface area contributed by atoms with Crippen LogP contribution >= 0.6 is 0 Å². The molecule has 1 heterocycles. The lowest BCUT2D eigenvalue weighted by atomic mass is 9.81. The quantitative estimate of drug-likeness (QED) is 0.246. The van der Waals surface area contributed by atoms with Gasteiger partial charge in [0.25, 0.3) is 0 Å². The van der Waals surface area contributed by atoms with Gasteiger partial charge in [0.05, 0.1) is 11.0 Å². The minimum atomic E-state index is 0.104. The predicted octanol–water partition coefficient (Wildman–Crippen LogP) is 9.54. The monoisotopic (exact) mass is 474 g/mol. The molecule has 5 aromatic rings. The average Bonchev–Trinajstić information content (AvgIpc) is 3.21. The van der Waals surface area contributed by atoms with Gasteiger partial charge >= 0.3 is 0 Å². The van der Waals surface area contributed by atoms with Crippen LogP contribution in [-0.2, 0) is 10.8 Å². The van der Waals surface area contributed by atoms with E-state index in [1.807, 2.05) is 0 Å². The third-order valence-corrected chi connectivity index (χ3v) is 7.94. The van der Waals surface area contributed by atoms with Crippen molar-refractivity contribution in [3.05, 3.63) is 102 Å². The molecule has 0 saturated carbocycles. The smallest absolute Gasteiger partial charge is 0.0541 e. The number of benzene rings is 4. The average molecular weight is 475 g/mol. The molecule has 2 nitrogen and oxygen atoms in total. The molecule has 0 bridgehead atoms. The van der Waals surface area contributed by atoms with Crippen LogP contribution in [0.1, 0.15) is 59.1 Å². The summed E-state index contributed by atoms with van der Waals surface area (Å²) in [6, 6.07) is 33.5. The molecule has 0 radical (unpaired) electrons. The minimum Gasteiger partial charge on any atom is -0.345 e. The number of nitrogens with zero attached hydrogens (tertiary/aromatic N) is 2. The lowest BCUT2D eigenvalue weighted by Gasteiger charge is -2.23. The van der Waals surface area contributed by atoms with Crippen LogP contribution in [0.4, 0.5) is 11.4 Å². The second-order valence-electron chi connectivity index (χ2n) is 11.7. The van der Waals surface area contributed by atoms with Crippen LogP contribution < -0.4 is 4.90 Å². The summed E-state index contributed by atoms with van der Waals surface area (Å²) in [6.07, 6.45) is 1.11. The van der Waals surface area contributed by atoms with E-state index in [2.05, 4.69) is 149 Å². The van der Waals surface area contributed by atoms with Crippen molar-refractivity contribution in [3.63, 3.8) is 0 Å². The molecule has 36 heavy (non-hydrogen) atoms. The first kappa shape index (κ1) is 24.2. The van der Waals surface area contributed by atoms with Crippen LogP contribution in [0.5, 0.6) is 0 Å². The molecule has 0 aliphatic heterocycles. The zero-order valence-corrected chi connectivity index (χ0v) is 22.8. The topological polar surface area (TPSA) is 8.17 Å². The zero-order chi connectivity index (χ0) is 25.7.